The zero-order valence-corrected chi connectivity index (χ0v) is 13.4. The molecule has 3 nitrogen and oxygen atoms in total. The molecule has 0 amide bonds. The standard InChI is InChI=1S/C17H30N2O/c1-5-14(11-15(8-9-18)13(3)19)16-6-7-17(20-4)12(2)10-16/h6-7,10,13-15H,5,8-9,11,18-19H2,1-4H3. The molecule has 114 valence electrons. The van der Waals surface area contributed by atoms with Crippen LogP contribution in [-0.2, 0) is 0 Å². The van der Waals surface area contributed by atoms with E-state index in [1.54, 1.807) is 7.11 Å². The Hall–Kier alpha value is -1.06. The van der Waals surface area contributed by atoms with Crippen LogP contribution in [0.5, 0.6) is 5.75 Å². The van der Waals surface area contributed by atoms with Crippen molar-refractivity contribution in [3.63, 3.8) is 0 Å². The molecule has 3 heteroatoms. The van der Waals surface area contributed by atoms with Crippen LogP contribution >= 0.6 is 0 Å². The lowest BCUT2D eigenvalue weighted by Gasteiger charge is -2.26. The highest BCUT2D eigenvalue weighted by molar-refractivity contribution is 5.37. The first-order valence-electron chi connectivity index (χ1n) is 7.63. The van der Waals surface area contributed by atoms with E-state index < -0.39 is 0 Å². The molecule has 1 aromatic rings. The number of hydrogen-bond donors (Lipinski definition) is 2. The van der Waals surface area contributed by atoms with Gasteiger partial charge in [-0.1, -0.05) is 19.1 Å². The maximum Gasteiger partial charge on any atom is 0.121 e. The van der Waals surface area contributed by atoms with Crippen LogP contribution in [0.1, 0.15) is 50.2 Å². The number of methoxy groups -OCH3 is 1. The summed E-state index contributed by atoms with van der Waals surface area (Å²) in [5, 5.41) is 0. The van der Waals surface area contributed by atoms with Crippen LogP contribution < -0.4 is 16.2 Å². The van der Waals surface area contributed by atoms with Crippen molar-refractivity contribution in [2.45, 2.75) is 52.0 Å². The molecule has 0 radical (unpaired) electrons. The minimum Gasteiger partial charge on any atom is -0.496 e. The van der Waals surface area contributed by atoms with Crippen LogP contribution in [0, 0.1) is 12.8 Å². The van der Waals surface area contributed by atoms with Crippen molar-refractivity contribution < 1.29 is 4.74 Å². The molecular weight excluding hydrogens is 248 g/mol. The van der Waals surface area contributed by atoms with Gasteiger partial charge < -0.3 is 16.2 Å². The van der Waals surface area contributed by atoms with E-state index in [9.17, 15) is 0 Å². The van der Waals surface area contributed by atoms with Crippen molar-refractivity contribution in [1.29, 1.82) is 0 Å². The van der Waals surface area contributed by atoms with Gasteiger partial charge in [0.05, 0.1) is 7.11 Å². The SMILES string of the molecule is CCC(CC(CCN)C(C)N)c1ccc(OC)c(C)c1. The average molecular weight is 278 g/mol. The summed E-state index contributed by atoms with van der Waals surface area (Å²) in [4.78, 5) is 0. The van der Waals surface area contributed by atoms with Gasteiger partial charge in [-0.2, -0.15) is 0 Å². The van der Waals surface area contributed by atoms with Gasteiger partial charge >= 0.3 is 0 Å². The first-order chi connectivity index (χ1) is 9.53. The van der Waals surface area contributed by atoms with Crippen molar-refractivity contribution in [1.82, 2.24) is 0 Å². The Morgan fingerprint density at radius 3 is 2.45 bits per heavy atom. The fourth-order valence-corrected chi connectivity index (χ4v) is 2.87. The summed E-state index contributed by atoms with van der Waals surface area (Å²) in [7, 11) is 1.71. The third-order valence-electron chi connectivity index (χ3n) is 4.25. The molecular formula is C17H30N2O. The summed E-state index contributed by atoms with van der Waals surface area (Å²) >= 11 is 0. The lowest BCUT2D eigenvalue weighted by Crippen LogP contribution is -2.30. The fraction of sp³-hybridized carbons (Fsp3) is 0.647. The van der Waals surface area contributed by atoms with Crippen molar-refractivity contribution in [2.24, 2.45) is 17.4 Å². The minimum atomic E-state index is 0.201. The number of hydrogen-bond acceptors (Lipinski definition) is 3. The zero-order valence-electron chi connectivity index (χ0n) is 13.4. The molecule has 0 fully saturated rings. The predicted octanol–water partition coefficient (Wildman–Crippen LogP) is 3.20. The summed E-state index contributed by atoms with van der Waals surface area (Å²) in [5.41, 5.74) is 14.4. The van der Waals surface area contributed by atoms with Gasteiger partial charge in [0.2, 0.25) is 0 Å². The molecule has 0 saturated heterocycles. The van der Waals surface area contributed by atoms with Gasteiger partial charge in [-0.25, -0.2) is 0 Å². The first kappa shape index (κ1) is 17.0. The minimum absolute atomic E-state index is 0.201. The second-order valence-electron chi connectivity index (χ2n) is 5.77. The normalized spacial score (nSPS) is 15.7. The summed E-state index contributed by atoms with van der Waals surface area (Å²) in [5.74, 6) is 1.99. The van der Waals surface area contributed by atoms with E-state index in [0.29, 0.717) is 18.4 Å². The molecule has 0 heterocycles. The molecule has 3 atom stereocenters. The van der Waals surface area contributed by atoms with Gasteiger partial charge in [0.25, 0.3) is 0 Å². The molecule has 0 aromatic heterocycles. The van der Waals surface area contributed by atoms with Crippen LogP contribution in [0.4, 0.5) is 0 Å². The topological polar surface area (TPSA) is 61.3 Å². The molecule has 4 N–H and O–H groups in total. The molecule has 0 aliphatic heterocycles. The quantitative estimate of drug-likeness (QED) is 0.767. The first-order valence-corrected chi connectivity index (χ1v) is 7.63. The smallest absolute Gasteiger partial charge is 0.121 e. The molecule has 0 aliphatic rings. The van der Waals surface area contributed by atoms with Gasteiger partial charge in [0, 0.05) is 6.04 Å². The Morgan fingerprint density at radius 1 is 1.30 bits per heavy atom. The van der Waals surface area contributed by atoms with E-state index in [0.717, 1.165) is 25.0 Å². The second-order valence-corrected chi connectivity index (χ2v) is 5.77. The van der Waals surface area contributed by atoms with E-state index >= 15 is 0 Å². The summed E-state index contributed by atoms with van der Waals surface area (Å²) in [6, 6.07) is 6.69. The van der Waals surface area contributed by atoms with Crippen molar-refractivity contribution in [3.05, 3.63) is 29.3 Å². The van der Waals surface area contributed by atoms with E-state index in [4.69, 9.17) is 16.2 Å². The van der Waals surface area contributed by atoms with Gasteiger partial charge in [-0.05, 0) is 68.7 Å². The number of nitrogens with two attached hydrogens (primary N) is 2. The lowest BCUT2D eigenvalue weighted by molar-refractivity contribution is 0.355. The van der Waals surface area contributed by atoms with Crippen molar-refractivity contribution >= 4 is 0 Å². The monoisotopic (exact) mass is 278 g/mol. The number of aryl methyl sites for hydroxylation is 1. The van der Waals surface area contributed by atoms with Crippen LogP contribution in [-0.4, -0.2) is 19.7 Å². The van der Waals surface area contributed by atoms with Crippen molar-refractivity contribution in [2.75, 3.05) is 13.7 Å². The average Bonchev–Trinajstić information content (AvgIpc) is 2.43. The lowest BCUT2D eigenvalue weighted by atomic mass is 9.82. The number of ether oxygens (including phenoxy) is 1. The Bertz CT molecular complexity index is 404. The van der Waals surface area contributed by atoms with E-state index in [1.807, 2.05) is 0 Å². The van der Waals surface area contributed by atoms with Gasteiger partial charge in [-0.3, -0.25) is 0 Å². The summed E-state index contributed by atoms with van der Waals surface area (Å²) < 4.78 is 5.33. The third-order valence-corrected chi connectivity index (χ3v) is 4.25. The Balaban J connectivity index is 2.86. The van der Waals surface area contributed by atoms with Crippen LogP contribution in [0.3, 0.4) is 0 Å². The summed E-state index contributed by atoms with van der Waals surface area (Å²) in [6.07, 6.45) is 3.24. The molecule has 20 heavy (non-hydrogen) atoms. The second kappa shape index (κ2) is 8.28. The number of benzene rings is 1. The van der Waals surface area contributed by atoms with Crippen LogP contribution in [0.15, 0.2) is 18.2 Å². The van der Waals surface area contributed by atoms with Crippen LogP contribution in [0.25, 0.3) is 0 Å². The van der Waals surface area contributed by atoms with E-state index in [1.165, 1.54) is 11.1 Å². The molecule has 0 bridgehead atoms. The Kier molecular flexibility index (Phi) is 7.03. The highest BCUT2D eigenvalue weighted by atomic mass is 16.5. The molecule has 0 saturated carbocycles. The molecule has 3 unspecified atom stereocenters. The largest absolute Gasteiger partial charge is 0.496 e. The van der Waals surface area contributed by atoms with E-state index in [2.05, 4.69) is 39.0 Å². The van der Waals surface area contributed by atoms with E-state index in [-0.39, 0.29) is 6.04 Å². The molecule has 1 rings (SSSR count). The number of rotatable bonds is 8. The summed E-state index contributed by atoms with van der Waals surface area (Å²) in [6.45, 7) is 7.14. The van der Waals surface area contributed by atoms with Gasteiger partial charge in [-0.15, -0.1) is 0 Å². The maximum absolute atomic E-state index is 6.10. The predicted molar refractivity (Wildman–Crippen MR) is 86.2 cm³/mol. The Morgan fingerprint density at radius 2 is 2.00 bits per heavy atom. The van der Waals surface area contributed by atoms with Crippen LogP contribution in [0.2, 0.25) is 0 Å². The maximum atomic E-state index is 6.10. The highest BCUT2D eigenvalue weighted by Crippen LogP contribution is 2.32. The zero-order chi connectivity index (χ0) is 15.1. The highest BCUT2D eigenvalue weighted by Gasteiger charge is 2.20. The fourth-order valence-electron chi connectivity index (χ4n) is 2.87. The van der Waals surface area contributed by atoms with Gasteiger partial charge in [0.1, 0.15) is 5.75 Å². The van der Waals surface area contributed by atoms with Gasteiger partial charge in [0.15, 0.2) is 0 Å². The molecule has 0 spiro atoms. The molecule has 1 aromatic carbocycles. The Labute approximate surface area is 123 Å². The van der Waals surface area contributed by atoms with Crippen molar-refractivity contribution in [3.8, 4) is 5.75 Å². The molecule has 0 aliphatic carbocycles. The third kappa shape index (κ3) is 4.50.